The highest BCUT2D eigenvalue weighted by molar-refractivity contribution is 7.47. The third kappa shape index (κ3) is 71.0. The summed E-state index contributed by atoms with van der Waals surface area (Å²) in [5.41, 5.74) is 0. The molecule has 0 saturated heterocycles. The van der Waals surface area contributed by atoms with Gasteiger partial charge in [0.2, 0.25) is 0 Å². The highest BCUT2D eigenvalue weighted by Crippen LogP contribution is 2.43. The molecule has 0 rings (SSSR count). The Bertz CT molecular complexity index is 2000. The van der Waals surface area contributed by atoms with E-state index in [1.807, 2.05) is 21.1 Å². The maximum absolute atomic E-state index is 12.9. The molecular formula is C78H133NO8P+. The molecule has 0 bridgehead atoms. The van der Waals surface area contributed by atoms with Crippen molar-refractivity contribution in [2.24, 2.45) is 0 Å². The Kier molecular flexibility index (Phi) is 64.1. The Labute approximate surface area is 542 Å². The fourth-order valence-corrected chi connectivity index (χ4v) is 10.2. The van der Waals surface area contributed by atoms with Gasteiger partial charge in [-0.3, -0.25) is 18.6 Å². The van der Waals surface area contributed by atoms with E-state index in [4.69, 9.17) is 18.5 Å². The lowest BCUT2D eigenvalue weighted by atomic mass is 10.0. The lowest BCUT2D eigenvalue weighted by Gasteiger charge is -2.24. The van der Waals surface area contributed by atoms with Crippen molar-refractivity contribution < 1.29 is 42.1 Å². The minimum Gasteiger partial charge on any atom is -0.462 e. The molecule has 0 amide bonds. The van der Waals surface area contributed by atoms with Crippen molar-refractivity contribution in [1.82, 2.24) is 0 Å². The van der Waals surface area contributed by atoms with E-state index in [0.29, 0.717) is 17.4 Å². The van der Waals surface area contributed by atoms with Gasteiger partial charge >= 0.3 is 19.8 Å². The lowest BCUT2D eigenvalue weighted by Crippen LogP contribution is -2.37. The van der Waals surface area contributed by atoms with Crippen LogP contribution in [-0.4, -0.2) is 74.9 Å². The summed E-state index contributed by atoms with van der Waals surface area (Å²) in [5.74, 6) is -0.826. The van der Waals surface area contributed by atoms with Crippen LogP contribution in [0.1, 0.15) is 284 Å². The van der Waals surface area contributed by atoms with Crippen LogP contribution in [0.25, 0.3) is 0 Å². The molecular weight excluding hydrogens is 1110 g/mol. The van der Waals surface area contributed by atoms with Gasteiger partial charge in [-0.05, 0) is 103 Å². The van der Waals surface area contributed by atoms with Gasteiger partial charge in [-0.15, -0.1) is 0 Å². The fraction of sp³-hybridized carbons (Fsp3) is 0.667. The molecule has 502 valence electrons. The zero-order valence-electron chi connectivity index (χ0n) is 57.2. The summed E-state index contributed by atoms with van der Waals surface area (Å²) in [6.07, 6.45) is 99.5. The summed E-state index contributed by atoms with van der Waals surface area (Å²) in [6.45, 7) is 4.31. The van der Waals surface area contributed by atoms with Gasteiger partial charge in [0.1, 0.15) is 19.8 Å². The molecule has 10 heteroatoms. The van der Waals surface area contributed by atoms with Crippen molar-refractivity contribution in [3.05, 3.63) is 146 Å². The monoisotopic (exact) mass is 1240 g/mol. The third-order valence-corrected chi connectivity index (χ3v) is 15.9. The summed E-state index contributed by atoms with van der Waals surface area (Å²) in [7, 11) is 1.45. The van der Waals surface area contributed by atoms with Gasteiger partial charge in [-0.25, -0.2) is 4.57 Å². The van der Waals surface area contributed by atoms with Crippen LogP contribution in [0.3, 0.4) is 0 Å². The van der Waals surface area contributed by atoms with Crippen molar-refractivity contribution >= 4 is 19.8 Å². The molecule has 0 heterocycles. The van der Waals surface area contributed by atoms with Gasteiger partial charge in [-0.1, -0.05) is 314 Å². The number of hydrogen-bond acceptors (Lipinski definition) is 7. The molecule has 0 aromatic rings. The van der Waals surface area contributed by atoms with E-state index in [1.165, 1.54) is 128 Å². The Morgan fingerprint density at radius 3 is 0.966 bits per heavy atom. The number of allylic oxidation sites excluding steroid dienone is 24. The number of esters is 2. The first kappa shape index (κ1) is 83.9. The van der Waals surface area contributed by atoms with Gasteiger partial charge in [0.05, 0.1) is 27.7 Å². The van der Waals surface area contributed by atoms with Gasteiger partial charge < -0.3 is 18.9 Å². The molecule has 0 aliphatic rings. The number of phosphoric ester groups is 1. The van der Waals surface area contributed by atoms with Crippen molar-refractivity contribution in [3.8, 4) is 0 Å². The number of nitrogens with zero attached hydrogens (tertiary/aromatic N) is 1. The second-order valence-corrected chi connectivity index (χ2v) is 26.0. The van der Waals surface area contributed by atoms with Gasteiger partial charge in [-0.2, -0.15) is 0 Å². The number of ether oxygens (including phenoxy) is 2. The number of likely N-dealkylation sites (N-methyl/N-ethyl adjacent to an activating group) is 1. The van der Waals surface area contributed by atoms with Gasteiger partial charge in [0.25, 0.3) is 0 Å². The van der Waals surface area contributed by atoms with E-state index in [-0.39, 0.29) is 32.0 Å². The second-order valence-electron chi connectivity index (χ2n) is 24.5. The van der Waals surface area contributed by atoms with Crippen LogP contribution in [0.4, 0.5) is 0 Å². The first-order chi connectivity index (χ1) is 43.0. The van der Waals surface area contributed by atoms with E-state index < -0.39 is 26.5 Å². The molecule has 0 spiro atoms. The van der Waals surface area contributed by atoms with Crippen molar-refractivity contribution in [3.63, 3.8) is 0 Å². The van der Waals surface area contributed by atoms with Crippen LogP contribution in [0, 0.1) is 0 Å². The molecule has 88 heavy (non-hydrogen) atoms. The second kappa shape index (κ2) is 67.3. The number of unbranched alkanes of at least 4 members (excludes halogenated alkanes) is 26. The van der Waals surface area contributed by atoms with Crippen LogP contribution >= 0.6 is 7.82 Å². The molecule has 2 atom stereocenters. The normalized spacial score (nSPS) is 14.0. The molecule has 2 unspecified atom stereocenters. The minimum atomic E-state index is -4.41. The first-order valence-electron chi connectivity index (χ1n) is 35.6. The Morgan fingerprint density at radius 2 is 0.648 bits per heavy atom. The first-order valence-corrected chi connectivity index (χ1v) is 37.1. The Hall–Kier alpha value is -4.11. The fourth-order valence-electron chi connectivity index (χ4n) is 9.47. The van der Waals surface area contributed by atoms with Crippen LogP contribution in [0.2, 0.25) is 0 Å². The van der Waals surface area contributed by atoms with E-state index >= 15 is 0 Å². The Balaban J connectivity index is 4.16. The van der Waals surface area contributed by atoms with Crippen molar-refractivity contribution in [2.75, 3.05) is 47.5 Å². The molecule has 1 N–H and O–H groups in total. The van der Waals surface area contributed by atoms with Crippen LogP contribution < -0.4 is 0 Å². The molecule has 0 aliphatic heterocycles. The molecule has 0 fully saturated rings. The van der Waals surface area contributed by atoms with E-state index in [0.717, 1.165) is 122 Å². The summed E-state index contributed by atoms with van der Waals surface area (Å²) in [4.78, 5) is 35.8. The van der Waals surface area contributed by atoms with Crippen molar-refractivity contribution in [1.29, 1.82) is 0 Å². The average Bonchev–Trinajstić information content (AvgIpc) is 3.58. The lowest BCUT2D eigenvalue weighted by molar-refractivity contribution is -0.870. The topological polar surface area (TPSA) is 108 Å². The smallest absolute Gasteiger partial charge is 0.462 e. The number of quaternary nitrogens is 1. The van der Waals surface area contributed by atoms with Gasteiger partial charge in [0, 0.05) is 12.8 Å². The molecule has 9 nitrogen and oxygen atoms in total. The number of phosphoric acid groups is 1. The quantitative estimate of drug-likeness (QED) is 0.0211. The van der Waals surface area contributed by atoms with Gasteiger partial charge in [0.15, 0.2) is 6.10 Å². The molecule has 0 aliphatic carbocycles. The molecule has 0 saturated carbocycles. The Morgan fingerprint density at radius 1 is 0.364 bits per heavy atom. The molecule has 0 aromatic heterocycles. The summed E-state index contributed by atoms with van der Waals surface area (Å²) < 4.78 is 34.7. The molecule has 0 aromatic carbocycles. The summed E-state index contributed by atoms with van der Waals surface area (Å²) in [6, 6.07) is 0. The number of carbonyl (C=O) groups is 2. The SMILES string of the molecule is CC/C=C\C/C=C\C/C=C\C/C=C\C/C=C\C/C=C\C/C=C\C/C=C\C/C=C\C/C=C\C/C=C\C/C=C\CCCCCCC(=O)OC(COC(=O)CCCCCCCCCCCCCCCCCCCCCCCCC)COP(=O)(O)OCC[N+](C)(C)C. The third-order valence-electron chi connectivity index (χ3n) is 14.9. The van der Waals surface area contributed by atoms with E-state index in [1.54, 1.807) is 0 Å². The maximum atomic E-state index is 12.9. The van der Waals surface area contributed by atoms with Crippen LogP contribution in [0.5, 0.6) is 0 Å². The highest BCUT2D eigenvalue weighted by Gasteiger charge is 2.27. The maximum Gasteiger partial charge on any atom is 0.472 e. The molecule has 0 radical (unpaired) electrons. The zero-order chi connectivity index (χ0) is 64.1. The number of carbonyl (C=O) groups excluding carboxylic acids is 2. The zero-order valence-corrected chi connectivity index (χ0v) is 58.1. The summed E-state index contributed by atoms with van der Waals surface area (Å²) in [5, 5.41) is 0. The summed E-state index contributed by atoms with van der Waals surface area (Å²) >= 11 is 0. The predicted octanol–water partition coefficient (Wildman–Crippen LogP) is 23.4. The van der Waals surface area contributed by atoms with Crippen LogP contribution in [-0.2, 0) is 32.7 Å². The van der Waals surface area contributed by atoms with E-state index in [2.05, 4.69) is 160 Å². The largest absolute Gasteiger partial charge is 0.472 e. The average molecular weight is 1240 g/mol. The highest BCUT2D eigenvalue weighted by atomic mass is 31.2. The standard InChI is InChI=1S/C78H132NO8P/c1-6-8-10-12-14-16-18-20-22-24-26-28-30-31-32-33-34-35-36-37-38-39-40-41-42-43-44-45-46-47-49-51-53-55-57-59-61-63-65-67-69-71-78(81)87-76(75-86-88(82,83)85-73-72-79(3,4)5)74-84-77(80)70-68-66-64-62-60-58-56-54-52-50-48-29-27-25-23-21-19-17-15-13-11-9-7-2/h8,10,14,16,20,22,26,28,31-32,34-35,37-38,40-41,43-44,46-47,51,53,57,59,76H,6-7,9,11-13,15,17-19,21,23-25,27,29-30,33,36,39,42,45,48-50,52,54-56,58,60-75H2,1-5H3/p+1/b10-8-,16-14-,22-20-,28-26-,32-31-,35-34-,38-37-,41-40-,44-43-,47-46-,53-51-,59-57-. The minimum absolute atomic E-state index is 0.0207. The van der Waals surface area contributed by atoms with Crippen LogP contribution in [0.15, 0.2) is 146 Å². The van der Waals surface area contributed by atoms with E-state index in [9.17, 15) is 19.0 Å². The number of hydrogen-bond donors (Lipinski definition) is 1. The number of rotatable bonds is 64. The van der Waals surface area contributed by atoms with Crippen molar-refractivity contribution in [2.45, 2.75) is 290 Å². The predicted molar refractivity (Wildman–Crippen MR) is 380 cm³/mol.